The number of rotatable bonds is 1. The lowest BCUT2D eigenvalue weighted by atomic mass is 9.98. The molecule has 0 bridgehead atoms. The van der Waals surface area contributed by atoms with Gasteiger partial charge in [-0.2, -0.15) is 0 Å². The zero-order valence-electron chi connectivity index (χ0n) is 11.1. The maximum atomic E-state index is 9.17. The van der Waals surface area contributed by atoms with Crippen molar-refractivity contribution in [1.29, 1.82) is 5.26 Å². The van der Waals surface area contributed by atoms with Crippen molar-refractivity contribution in [2.45, 2.75) is 0 Å². The molecule has 1 aliphatic rings. The zero-order valence-corrected chi connectivity index (χ0v) is 11.1. The molecule has 0 aromatic heterocycles. The van der Waals surface area contributed by atoms with Crippen LogP contribution in [0.1, 0.15) is 11.1 Å². The first-order chi connectivity index (χ1) is 10.3. The van der Waals surface area contributed by atoms with Crippen LogP contribution >= 0.6 is 0 Å². The third-order valence-corrected chi connectivity index (χ3v) is 3.20. The van der Waals surface area contributed by atoms with Crippen LogP contribution in [0.4, 0.5) is 0 Å². The van der Waals surface area contributed by atoms with Gasteiger partial charge in [-0.05, 0) is 12.1 Å². The highest BCUT2D eigenvalue weighted by atomic mass is 16.5. The molecular formula is C18H10N2O. The second-order valence-corrected chi connectivity index (χ2v) is 4.46. The Bertz CT molecular complexity index is 818. The highest BCUT2D eigenvalue weighted by molar-refractivity contribution is 5.91. The molecular weight excluding hydrogens is 260 g/mol. The van der Waals surface area contributed by atoms with Crippen molar-refractivity contribution in [3.8, 4) is 11.8 Å². The van der Waals surface area contributed by atoms with Gasteiger partial charge in [-0.3, -0.25) is 0 Å². The van der Waals surface area contributed by atoms with Gasteiger partial charge >= 0.3 is 0 Å². The summed E-state index contributed by atoms with van der Waals surface area (Å²) in [5, 5.41) is 9.17. The van der Waals surface area contributed by atoms with Crippen LogP contribution in [-0.2, 0) is 0 Å². The normalized spacial score (nSPS) is 14.9. The fourth-order valence-electron chi connectivity index (χ4n) is 2.22. The van der Waals surface area contributed by atoms with Crippen molar-refractivity contribution in [2.75, 3.05) is 0 Å². The summed E-state index contributed by atoms with van der Waals surface area (Å²) >= 11 is 0. The van der Waals surface area contributed by atoms with Gasteiger partial charge in [0.1, 0.15) is 11.5 Å². The first kappa shape index (κ1) is 12.7. The molecule has 2 aromatic carbocycles. The molecule has 0 amide bonds. The van der Waals surface area contributed by atoms with Gasteiger partial charge in [0.15, 0.2) is 0 Å². The van der Waals surface area contributed by atoms with E-state index in [1.807, 2.05) is 60.7 Å². The van der Waals surface area contributed by atoms with Gasteiger partial charge in [-0.25, -0.2) is 10.1 Å². The predicted molar refractivity (Wildman–Crippen MR) is 80.6 cm³/mol. The molecule has 21 heavy (non-hydrogen) atoms. The number of nitriles is 1. The molecule has 3 rings (SSSR count). The third kappa shape index (κ3) is 2.29. The monoisotopic (exact) mass is 270 g/mol. The smallest absolute Gasteiger partial charge is 0.269 e. The van der Waals surface area contributed by atoms with E-state index in [0.717, 1.165) is 11.1 Å². The standard InChI is InChI=1S/C18H10N2O/c1-20-16(12-19)15-11-18(13-7-3-2-4-8-13)21-17-10-6-5-9-14(15)17/h2-11H. The number of hydrogen-bond acceptors (Lipinski definition) is 2. The molecule has 0 atom stereocenters. The number of nitrogens with zero attached hydrogens (tertiary/aromatic N) is 2. The topological polar surface area (TPSA) is 37.4 Å². The number of hydrogen-bond donors (Lipinski definition) is 0. The molecule has 0 radical (unpaired) electrons. The maximum Gasteiger partial charge on any atom is 0.269 e. The molecule has 0 aliphatic carbocycles. The molecule has 0 spiro atoms. The number of benzene rings is 2. The Morgan fingerprint density at radius 1 is 1.05 bits per heavy atom. The van der Waals surface area contributed by atoms with Crippen molar-refractivity contribution in [3.05, 3.63) is 88.9 Å². The Morgan fingerprint density at radius 3 is 2.48 bits per heavy atom. The third-order valence-electron chi connectivity index (χ3n) is 3.20. The van der Waals surface area contributed by atoms with Crippen LogP contribution in [0.3, 0.4) is 0 Å². The van der Waals surface area contributed by atoms with Crippen LogP contribution in [-0.4, -0.2) is 0 Å². The summed E-state index contributed by atoms with van der Waals surface area (Å²) in [6.45, 7) is 7.18. The van der Waals surface area contributed by atoms with E-state index in [2.05, 4.69) is 4.85 Å². The quantitative estimate of drug-likeness (QED) is 0.573. The molecule has 2 aromatic rings. The summed E-state index contributed by atoms with van der Waals surface area (Å²) in [5.74, 6) is 1.30. The average molecular weight is 270 g/mol. The molecule has 1 heterocycles. The lowest BCUT2D eigenvalue weighted by Crippen LogP contribution is -2.04. The molecule has 0 N–H and O–H groups in total. The first-order valence-corrected chi connectivity index (χ1v) is 6.39. The summed E-state index contributed by atoms with van der Waals surface area (Å²) < 4.78 is 5.90. The van der Waals surface area contributed by atoms with E-state index in [9.17, 15) is 0 Å². The van der Waals surface area contributed by atoms with Crippen molar-refractivity contribution in [2.24, 2.45) is 0 Å². The van der Waals surface area contributed by atoms with Crippen LogP contribution in [0, 0.1) is 17.9 Å². The predicted octanol–water partition coefficient (Wildman–Crippen LogP) is 4.27. The number of para-hydroxylation sites is 1. The Kier molecular flexibility index (Phi) is 3.25. The first-order valence-electron chi connectivity index (χ1n) is 6.39. The van der Waals surface area contributed by atoms with Gasteiger partial charge in [0.05, 0.1) is 12.6 Å². The van der Waals surface area contributed by atoms with Gasteiger partial charge in [0.25, 0.3) is 5.70 Å². The summed E-state index contributed by atoms with van der Waals surface area (Å²) in [6.07, 6.45) is 1.76. The van der Waals surface area contributed by atoms with Gasteiger partial charge in [0.2, 0.25) is 0 Å². The zero-order chi connectivity index (χ0) is 14.7. The Hall–Kier alpha value is -3.30. The molecule has 1 aliphatic heterocycles. The largest absolute Gasteiger partial charge is 0.456 e. The molecule has 0 fully saturated rings. The van der Waals surface area contributed by atoms with Crippen LogP contribution in [0.15, 0.2) is 66.4 Å². The summed E-state index contributed by atoms with van der Waals surface area (Å²) in [4.78, 5) is 3.33. The van der Waals surface area contributed by atoms with Gasteiger partial charge in [-0.1, -0.05) is 48.5 Å². The number of ether oxygens (including phenoxy) is 1. The van der Waals surface area contributed by atoms with Crippen LogP contribution in [0.25, 0.3) is 16.2 Å². The van der Waals surface area contributed by atoms with E-state index in [4.69, 9.17) is 16.6 Å². The maximum absolute atomic E-state index is 9.17. The molecule has 3 nitrogen and oxygen atoms in total. The van der Waals surface area contributed by atoms with E-state index in [1.54, 1.807) is 6.08 Å². The van der Waals surface area contributed by atoms with Crippen molar-refractivity contribution in [3.63, 3.8) is 0 Å². The van der Waals surface area contributed by atoms with E-state index >= 15 is 0 Å². The minimum atomic E-state index is 0.0687. The fraction of sp³-hybridized carbons (Fsp3) is 0. The Balaban J connectivity index is 2.23. The van der Waals surface area contributed by atoms with Crippen molar-refractivity contribution in [1.82, 2.24) is 0 Å². The van der Waals surface area contributed by atoms with E-state index in [1.165, 1.54) is 0 Å². The molecule has 0 unspecified atom stereocenters. The molecule has 3 heteroatoms. The highest BCUT2D eigenvalue weighted by Gasteiger charge is 2.20. The summed E-state index contributed by atoms with van der Waals surface area (Å²) in [7, 11) is 0. The van der Waals surface area contributed by atoms with Crippen LogP contribution in [0.2, 0.25) is 0 Å². The highest BCUT2D eigenvalue weighted by Crippen LogP contribution is 2.38. The van der Waals surface area contributed by atoms with Crippen LogP contribution < -0.4 is 4.74 Å². The Labute approximate surface area is 122 Å². The minimum Gasteiger partial charge on any atom is -0.456 e. The van der Waals surface area contributed by atoms with Gasteiger partial charge < -0.3 is 4.74 Å². The molecule has 0 saturated heterocycles. The second-order valence-electron chi connectivity index (χ2n) is 4.46. The fourth-order valence-corrected chi connectivity index (χ4v) is 2.22. The van der Waals surface area contributed by atoms with Crippen molar-refractivity contribution >= 4 is 11.3 Å². The van der Waals surface area contributed by atoms with Gasteiger partial charge in [0, 0.05) is 16.7 Å². The minimum absolute atomic E-state index is 0.0687. The number of allylic oxidation sites excluding steroid dienone is 3. The van der Waals surface area contributed by atoms with Crippen molar-refractivity contribution < 1.29 is 4.74 Å². The molecule has 98 valence electrons. The molecule has 0 saturated carbocycles. The number of fused-ring (bicyclic) bond motifs is 1. The second kappa shape index (κ2) is 5.36. The Morgan fingerprint density at radius 2 is 1.76 bits per heavy atom. The van der Waals surface area contributed by atoms with E-state index in [-0.39, 0.29) is 5.70 Å². The lowest BCUT2D eigenvalue weighted by Gasteiger charge is -2.20. The van der Waals surface area contributed by atoms with E-state index in [0.29, 0.717) is 17.1 Å². The van der Waals surface area contributed by atoms with E-state index < -0.39 is 0 Å². The van der Waals surface area contributed by atoms with Gasteiger partial charge in [-0.15, -0.1) is 0 Å². The average Bonchev–Trinajstić information content (AvgIpc) is 2.56. The summed E-state index contributed by atoms with van der Waals surface area (Å²) in [6, 6.07) is 19.0. The summed E-state index contributed by atoms with van der Waals surface area (Å²) in [5.41, 5.74) is 2.35. The van der Waals surface area contributed by atoms with Crippen LogP contribution in [0.5, 0.6) is 5.75 Å². The SMILES string of the molecule is [C-]#[N+]C(C#N)=C1C=C(c2ccccc2)Oc2ccccc21. The lowest BCUT2D eigenvalue weighted by molar-refractivity contribution is 0.509.